The molecule has 1 aromatic heterocycles. The Morgan fingerprint density at radius 3 is 2.33 bits per heavy atom. The summed E-state index contributed by atoms with van der Waals surface area (Å²) >= 11 is 0. The molecule has 0 aliphatic heterocycles. The fourth-order valence-corrected chi connectivity index (χ4v) is 2.74. The Balaban J connectivity index is 1.55. The summed E-state index contributed by atoms with van der Waals surface area (Å²) in [5.74, 6) is -0.781. The maximum atomic E-state index is 13.0. The van der Waals surface area contributed by atoms with E-state index in [-0.39, 0.29) is 11.8 Å². The van der Waals surface area contributed by atoms with E-state index in [0.29, 0.717) is 18.8 Å². The van der Waals surface area contributed by atoms with Gasteiger partial charge >= 0.3 is 12.0 Å². The summed E-state index contributed by atoms with van der Waals surface area (Å²) in [6, 6.07) is 12.0. The van der Waals surface area contributed by atoms with E-state index in [9.17, 15) is 14.3 Å². The van der Waals surface area contributed by atoms with Crippen molar-refractivity contribution in [2.45, 2.75) is 32.8 Å². The summed E-state index contributed by atoms with van der Waals surface area (Å²) in [7, 11) is 0. The fraction of sp³-hybridized carbons (Fsp3) is 0.261. The van der Waals surface area contributed by atoms with Crippen LogP contribution < -0.4 is 9.47 Å². The smallest absolute Gasteiger partial charge is 0.347 e. The number of ether oxygens (including phenoxy) is 2. The third-order valence-electron chi connectivity index (χ3n) is 4.55. The molecular formula is C23H23FN2O4. The first-order valence-corrected chi connectivity index (χ1v) is 9.47. The highest BCUT2D eigenvalue weighted by Crippen LogP contribution is 2.24. The summed E-state index contributed by atoms with van der Waals surface area (Å²) in [4.78, 5) is 19.6. The van der Waals surface area contributed by atoms with Crippen LogP contribution in [0.1, 0.15) is 25.0 Å². The maximum Gasteiger partial charge on any atom is 0.347 e. The summed E-state index contributed by atoms with van der Waals surface area (Å²) in [5, 5.41) is 9.20. The van der Waals surface area contributed by atoms with Gasteiger partial charge in [-0.3, -0.25) is 0 Å². The van der Waals surface area contributed by atoms with Gasteiger partial charge in [0.1, 0.15) is 11.6 Å². The van der Waals surface area contributed by atoms with E-state index in [4.69, 9.17) is 9.47 Å². The molecule has 1 N–H and O–H groups in total. The van der Waals surface area contributed by atoms with Gasteiger partial charge in [0, 0.05) is 24.4 Å². The molecule has 0 saturated carbocycles. The second kappa shape index (κ2) is 8.90. The quantitative estimate of drug-likeness (QED) is 0.591. The van der Waals surface area contributed by atoms with Crippen LogP contribution >= 0.6 is 0 Å². The van der Waals surface area contributed by atoms with Crippen molar-refractivity contribution in [1.82, 2.24) is 9.97 Å². The van der Waals surface area contributed by atoms with Crippen LogP contribution in [0.4, 0.5) is 4.39 Å². The topological polar surface area (TPSA) is 81.5 Å². The van der Waals surface area contributed by atoms with Gasteiger partial charge in [-0.1, -0.05) is 24.3 Å². The largest absolute Gasteiger partial charge is 0.478 e. The Bertz CT molecular complexity index is 1020. The molecule has 2 aromatic carbocycles. The molecule has 0 unspecified atom stereocenters. The van der Waals surface area contributed by atoms with E-state index in [2.05, 4.69) is 9.97 Å². The Morgan fingerprint density at radius 2 is 1.73 bits per heavy atom. The minimum atomic E-state index is -1.30. The third-order valence-corrected chi connectivity index (χ3v) is 4.55. The number of halogens is 1. The monoisotopic (exact) mass is 410 g/mol. The average Bonchev–Trinajstić information content (AvgIpc) is 2.71. The van der Waals surface area contributed by atoms with Gasteiger partial charge in [0.2, 0.25) is 0 Å². The van der Waals surface area contributed by atoms with E-state index in [1.54, 1.807) is 30.6 Å². The zero-order chi connectivity index (χ0) is 21.7. The van der Waals surface area contributed by atoms with Crippen LogP contribution in [-0.4, -0.2) is 33.3 Å². The highest BCUT2D eigenvalue weighted by atomic mass is 19.1. The number of hydrogen-bond acceptors (Lipinski definition) is 5. The molecular weight excluding hydrogens is 387 g/mol. The van der Waals surface area contributed by atoms with Crippen LogP contribution in [0.2, 0.25) is 0 Å². The molecule has 0 aliphatic carbocycles. The average molecular weight is 410 g/mol. The number of rotatable bonds is 8. The summed E-state index contributed by atoms with van der Waals surface area (Å²) in [5.41, 5.74) is 2.18. The summed E-state index contributed by atoms with van der Waals surface area (Å²) in [6.45, 7) is 5.28. The Hall–Kier alpha value is -3.48. The van der Waals surface area contributed by atoms with Crippen molar-refractivity contribution < 1.29 is 23.8 Å². The minimum Gasteiger partial charge on any atom is -0.478 e. The molecule has 3 rings (SSSR count). The van der Waals surface area contributed by atoms with E-state index < -0.39 is 11.6 Å². The molecule has 0 aliphatic rings. The predicted octanol–water partition coefficient (Wildman–Crippen LogP) is 4.45. The zero-order valence-corrected chi connectivity index (χ0v) is 17.1. The van der Waals surface area contributed by atoms with E-state index >= 15 is 0 Å². The Morgan fingerprint density at radius 1 is 1.07 bits per heavy atom. The fourth-order valence-electron chi connectivity index (χ4n) is 2.74. The zero-order valence-electron chi connectivity index (χ0n) is 17.1. The van der Waals surface area contributed by atoms with Gasteiger partial charge in [0.15, 0.2) is 5.60 Å². The van der Waals surface area contributed by atoms with Gasteiger partial charge in [-0.2, -0.15) is 0 Å². The van der Waals surface area contributed by atoms with Crippen molar-refractivity contribution in [1.29, 1.82) is 0 Å². The number of nitrogens with zero attached hydrogens (tertiary/aromatic N) is 2. The number of aromatic nitrogens is 2. The number of aliphatic carboxylic acids is 1. The van der Waals surface area contributed by atoms with E-state index in [1.165, 1.54) is 26.0 Å². The SMILES string of the molecule is Cc1cc(CCOc2ncc(-c3ccc(F)cc3)cn2)ccc1OC(C)(C)C(=O)O. The van der Waals surface area contributed by atoms with Crippen LogP contribution in [0, 0.1) is 12.7 Å². The molecule has 0 radical (unpaired) electrons. The first-order chi connectivity index (χ1) is 14.2. The minimum absolute atomic E-state index is 0.265. The van der Waals surface area contributed by atoms with Crippen molar-refractivity contribution >= 4 is 5.97 Å². The first-order valence-electron chi connectivity index (χ1n) is 9.47. The Kier molecular flexibility index (Phi) is 6.30. The van der Waals surface area contributed by atoms with Gasteiger partial charge in [-0.15, -0.1) is 0 Å². The Labute approximate surface area is 174 Å². The van der Waals surface area contributed by atoms with Crippen LogP contribution in [0.25, 0.3) is 11.1 Å². The summed E-state index contributed by atoms with van der Waals surface area (Å²) < 4.78 is 24.2. The standard InChI is InChI=1S/C23H23FN2O4/c1-15-12-16(4-9-20(15)30-23(2,3)21(27)28)10-11-29-22-25-13-18(14-26-22)17-5-7-19(24)8-6-17/h4-9,12-14H,10-11H2,1-3H3,(H,27,28). The van der Waals surface area contributed by atoms with Crippen LogP contribution in [0.3, 0.4) is 0 Å². The van der Waals surface area contributed by atoms with Gasteiger partial charge in [-0.05, 0) is 55.7 Å². The lowest BCUT2D eigenvalue weighted by Gasteiger charge is -2.23. The third kappa shape index (κ3) is 5.31. The number of carbonyl (C=O) groups is 1. The van der Waals surface area contributed by atoms with Crippen molar-refractivity contribution in [3.05, 3.63) is 71.8 Å². The number of carboxylic acids is 1. The van der Waals surface area contributed by atoms with Crippen molar-refractivity contribution in [3.8, 4) is 22.9 Å². The molecule has 3 aromatic rings. The number of aryl methyl sites for hydroxylation is 1. The van der Waals surface area contributed by atoms with Gasteiger partial charge in [-0.25, -0.2) is 19.2 Å². The highest BCUT2D eigenvalue weighted by Gasteiger charge is 2.29. The molecule has 0 atom stereocenters. The lowest BCUT2D eigenvalue weighted by atomic mass is 10.1. The molecule has 30 heavy (non-hydrogen) atoms. The predicted molar refractivity (Wildman–Crippen MR) is 110 cm³/mol. The molecule has 7 heteroatoms. The van der Waals surface area contributed by atoms with Crippen molar-refractivity contribution in [2.75, 3.05) is 6.61 Å². The van der Waals surface area contributed by atoms with E-state index in [1.807, 2.05) is 19.1 Å². The van der Waals surface area contributed by atoms with Crippen molar-refractivity contribution in [2.24, 2.45) is 0 Å². The molecule has 0 bridgehead atoms. The molecule has 0 fully saturated rings. The van der Waals surface area contributed by atoms with Gasteiger partial charge in [0.25, 0.3) is 0 Å². The number of benzene rings is 2. The molecule has 0 spiro atoms. The first kappa shape index (κ1) is 21.2. The second-order valence-electron chi connectivity index (χ2n) is 7.38. The molecule has 0 amide bonds. The lowest BCUT2D eigenvalue weighted by Crippen LogP contribution is -2.38. The molecule has 1 heterocycles. The molecule has 156 valence electrons. The van der Waals surface area contributed by atoms with Crippen molar-refractivity contribution in [3.63, 3.8) is 0 Å². The second-order valence-corrected chi connectivity index (χ2v) is 7.38. The molecule has 6 nitrogen and oxygen atoms in total. The maximum absolute atomic E-state index is 13.0. The normalized spacial score (nSPS) is 11.2. The van der Waals surface area contributed by atoms with Crippen LogP contribution in [-0.2, 0) is 11.2 Å². The van der Waals surface area contributed by atoms with E-state index in [0.717, 1.165) is 22.3 Å². The molecule has 0 saturated heterocycles. The summed E-state index contributed by atoms with van der Waals surface area (Å²) in [6.07, 6.45) is 3.90. The van der Waals surface area contributed by atoms with Gasteiger partial charge in [0.05, 0.1) is 6.61 Å². The number of carboxylic acid groups (broad SMARTS) is 1. The van der Waals surface area contributed by atoms with Crippen LogP contribution in [0.15, 0.2) is 54.9 Å². The van der Waals surface area contributed by atoms with Gasteiger partial charge < -0.3 is 14.6 Å². The van der Waals surface area contributed by atoms with Crippen LogP contribution in [0.5, 0.6) is 11.8 Å². The number of hydrogen-bond donors (Lipinski definition) is 1. The highest BCUT2D eigenvalue weighted by molar-refractivity contribution is 5.76. The lowest BCUT2D eigenvalue weighted by molar-refractivity contribution is -0.152.